The second-order valence-electron chi connectivity index (χ2n) is 7.27. The maximum absolute atomic E-state index is 14.7. The number of aromatic nitrogens is 1. The number of pyridine rings is 1. The van der Waals surface area contributed by atoms with Crippen LogP contribution < -0.4 is 15.4 Å². The van der Waals surface area contributed by atoms with Crippen LogP contribution in [0.25, 0.3) is 10.2 Å². The van der Waals surface area contributed by atoms with Gasteiger partial charge in [0, 0.05) is 30.3 Å². The van der Waals surface area contributed by atoms with E-state index in [1.165, 1.54) is 30.5 Å². The average molecular weight is 516 g/mol. The van der Waals surface area contributed by atoms with Gasteiger partial charge in [0.1, 0.15) is 9.96 Å². The number of benzene rings is 2. The monoisotopic (exact) mass is 515 g/mol. The fourth-order valence-electron chi connectivity index (χ4n) is 3.05. The van der Waals surface area contributed by atoms with Crippen molar-refractivity contribution in [2.45, 2.75) is 10.6 Å². The molecule has 0 aliphatic heterocycles. The number of thiophene rings is 1. The molecule has 34 heavy (non-hydrogen) atoms. The van der Waals surface area contributed by atoms with Gasteiger partial charge in [0.25, 0.3) is 0 Å². The summed E-state index contributed by atoms with van der Waals surface area (Å²) >= 11 is 6.15. The first-order chi connectivity index (χ1) is 16.2. The number of fused-ring (bicyclic) bond motifs is 1. The predicted molar refractivity (Wildman–Crippen MR) is 134 cm³/mol. The van der Waals surface area contributed by atoms with Crippen LogP contribution in [0.4, 0.5) is 10.1 Å². The van der Waals surface area contributed by atoms with Crippen LogP contribution in [0.5, 0.6) is 11.5 Å². The van der Waals surface area contributed by atoms with Crippen molar-refractivity contribution in [3.05, 3.63) is 78.2 Å². The van der Waals surface area contributed by atoms with Gasteiger partial charge in [-0.3, -0.25) is 9.78 Å². The van der Waals surface area contributed by atoms with Crippen molar-refractivity contribution in [1.82, 2.24) is 10.3 Å². The van der Waals surface area contributed by atoms with Gasteiger partial charge >= 0.3 is 0 Å². The lowest BCUT2D eigenvalue weighted by atomic mass is 10.1. The fraction of sp³-hybridized carbons (Fsp3) is 0.0870. The van der Waals surface area contributed by atoms with Gasteiger partial charge in [0.2, 0.25) is 5.91 Å². The lowest BCUT2D eigenvalue weighted by molar-refractivity contribution is -0.119. The summed E-state index contributed by atoms with van der Waals surface area (Å²) in [6.45, 7) is 0. The predicted octanol–water partition coefficient (Wildman–Crippen LogP) is 4.69. The first-order valence-corrected chi connectivity index (χ1v) is 13.0. The van der Waals surface area contributed by atoms with Crippen molar-refractivity contribution < 1.29 is 22.3 Å². The Morgan fingerprint density at radius 3 is 2.59 bits per heavy atom. The number of carbonyl (C=O) groups excluding carboxylic acids is 1. The van der Waals surface area contributed by atoms with Crippen LogP contribution in [0.3, 0.4) is 0 Å². The third-order valence-electron chi connectivity index (χ3n) is 4.59. The number of hydrogen-bond acceptors (Lipinski definition) is 7. The maximum atomic E-state index is 14.7. The molecule has 0 saturated carbocycles. The Balaban J connectivity index is 1.44. The van der Waals surface area contributed by atoms with Crippen molar-refractivity contribution in [2.24, 2.45) is 0 Å². The molecule has 4 rings (SSSR count). The Kier molecular flexibility index (Phi) is 6.87. The molecule has 0 aliphatic carbocycles. The third kappa shape index (κ3) is 5.74. The Labute approximate surface area is 204 Å². The Morgan fingerprint density at radius 2 is 1.88 bits per heavy atom. The fourth-order valence-corrected chi connectivity index (χ4v) is 5.26. The lowest BCUT2D eigenvalue weighted by Gasteiger charge is -2.12. The Bertz CT molecular complexity index is 1490. The molecular formula is C23H18FN3O4S3. The number of rotatable bonds is 6. The highest BCUT2D eigenvalue weighted by Gasteiger charge is 2.17. The van der Waals surface area contributed by atoms with E-state index < -0.39 is 15.7 Å². The van der Waals surface area contributed by atoms with E-state index in [4.69, 9.17) is 17.0 Å². The van der Waals surface area contributed by atoms with Crippen LogP contribution in [0, 0.1) is 5.82 Å². The highest BCUT2D eigenvalue weighted by Crippen LogP contribution is 2.37. The summed E-state index contributed by atoms with van der Waals surface area (Å²) in [6.07, 6.45) is 2.73. The summed E-state index contributed by atoms with van der Waals surface area (Å²) in [7, 11) is -3.41. The second-order valence-corrected chi connectivity index (χ2v) is 11.0. The standard InChI is InChI=1S/C23H18FN3O4S3/c1-34(29,30)21-13-17-22(33-21)19(9-10-25-17)31-18-8-7-15(12-16(18)24)26-23(32)27-20(28)11-14-5-3-2-4-6-14/h2-10,12-13H,11H2,1H3,(H2,26,27,28,32). The highest BCUT2D eigenvalue weighted by molar-refractivity contribution is 7.93. The molecule has 2 aromatic heterocycles. The van der Waals surface area contributed by atoms with Crippen LogP contribution in [0.2, 0.25) is 0 Å². The molecule has 7 nitrogen and oxygen atoms in total. The second kappa shape index (κ2) is 9.84. The highest BCUT2D eigenvalue weighted by atomic mass is 32.2. The summed E-state index contributed by atoms with van der Waals surface area (Å²) < 4.78 is 44.8. The minimum atomic E-state index is -3.41. The lowest BCUT2D eigenvalue weighted by Crippen LogP contribution is -2.35. The third-order valence-corrected chi connectivity index (χ3v) is 7.73. The summed E-state index contributed by atoms with van der Waals surface area (Å²) in [5.41, 5.74) is 1.61. The smallest absolute Gasteiger partial charge is 0.230 e. The van der Waals surface area contributed by atoms with E-state index in [9.17, 15) is 17.6 Å². The molecule has 2 N–H and O–H groups in total. The molecule has 174 valence electrons. The molecule has 0 radical (unpaired) electrons. The quantitative estimate of drug-likeness (QED) is 0.360. The number of hydrogen-bond donors (Lipinski definition) is 2. The molecule has 1 amide bonds. The number of carbonyl (C=O) groups is 1. The number of halogens is 1. The van der Waals surface area contributed by atoms with E-state index in [0.29, 0.717) is 15.9 Å². The van der Waals surface area contributed by atoms with Gasteiger partial charge in [-0.15, -0.1) is 11.3 Å². The van der Waals surface area contributed by atoms with Crippen LogP contribution in [-0.2, 0) is 21.1 Å². The topological polar surface area (TPSA) is 97.4 Å². The molecule has 0 bridgehead atoms. The van der Waals surface area contributed by atoms with Crippen molar-refractivity contribution in [2.75, 3.05) is 11.6 Å². The van der Waals surface area contributed by atoms with E-state index in [1.807, 2.05) is 30.3 Å². The van der Waals surface area contributed by atoms with Crippen molar-refractivity contribution in [3.8, 4) is 11.5 Å². The zero-order valence-electron chi connectivity index (χ0n) is 17.7. The van der Waals surface area contributed by atoms with Gasteiger partial charge in [-0.1, -0.05) is 30.3 Å². The minimum Gasteiger partial charge on any atom is -0.453 e. The summed E-state index contributed by atoms with van der Waals surface area (Å²) in [4.78, 5) is 16.3. The normalized spacial score (nSPS) is 11.2. The van der Waals surface area contributed by atoms with Crippen LogP contribution in [0.15, 0.2) is 71.1 Å². The van der Waals surface area contributed by atoms with Gasteiger partial charge in [-0.25, -0.2) is 12.8 Å². The average Bonchev–Trinajstić information content (AvgIpc) is 3.22. The zero-order chi connectivity index (χ0) is 24.3. The van der Waals surface area contributed by atoms with Crippen molar-refractivity contribution in [1.29, 1.82) is 0 Å². The zero-order valence-corrected chi connectivity index (χ0v) is 20.2. The largest absolute Gasteiger partial charge is 0.453 e. The van der Waals surface area contributed by atoms with Crippen molar-refractivity contribution in [3.63, 3.8) is 0 Å². The van der Waals surface area contributed by atoms with Crippen LogP contribution >= 0.6 is 23.6 Å². The van der Waals surface area contributed by atoms with Gasteiger partial charge in [-0.05, 0) is 36.0 Å². The summed E-state index contributed by atoms with van der Waals surface area (Å²) in [5.74, 6) is -0.747. The number of ether oxygens (including phenoxy) is 1. The van der Waals surface area contributed by atoms with Gasteiger partial charge < -0.3 is 15.4 Å². The number of amides is 1. The Hall–Kier alpha value is -3.41. The van der Waals surface area contributed by atoms with E-state index in [2.05, 4.69) is 15.6 Å². The summed E-state index contributed by atoms with van der Waals surface area (Å²) in [6, 6.07) is 16.3. The molecule has 2 heterocycles. The van der Waals surface area contributed by atoms with E-state index in [-0.39, 0.29) is 33.1 Å². The van der Waals surface area contributed by atoms with Gasteiger partial charge in [0.15, 0.2) is 26.5 Å². The molecule has 0 unspecified atom stereocenters. The molecule has 0 spiro atoms. The molecule has 11 heteroatoms. The first-order valence-electron chi connectivity index (χ1n) is 9.90. The first kappa shape index (κ1) is 23.7. The van der Waals surface area contributed by atoms with Crippen LogP contribution in [0.1, 0.15) is 5.56 Å². The van der Waals surface area contributed by atoms with Gasteiger partial charge in [0.05, 0.1) is 16.6 Å². The minimum absolute atomic E-state index is 0.0386. The number of sulfone groups is 1. The Morgan fingerprint density at radius 1 is 1.12 bits per heavy atom. The molecule has 0 atom stereocenters. The molecule has 4 aromatic rings. The van der Waals surface area contributed by atoms with E-state index in [0.717, 1.165) is 23.2 Å². The van der Waals surface area contributed by atoms with E-state index in [1.54, 1.807) is 6.07 Å². The molecule has 0 saturated heterocycles. The molecule has 0 fully saturated rings. The van der Waals surface area contributed by atoms with E-state index >= 15 is 0 Å². The number of anilines is 1. The van der Waals surface area contributed by atoms with Crippen LogP contribution in [-0.4, -0.2) is 30.7 Å². The number of nitrogens with zero attached hydrogens (tertiary/aromatic N) is 1. The molecular weight excluding hydrogens is 497 g/mol. The number of nitrogens with one attached hydrogen (secondary N) is 2. The number of thiocarbonyl (C=S) groups is 1. The SMILES string of the molecule is CS(=O)(=O)c1cc2nccc(Oc3ccc(NC(=S)NC(=O)Cc4ccccc4)cc3F)c2s1. The molecule has 0 aliphatic rings. The maximum Gasteiger partial charge on any atom is 0.230 e. The summed E-state index contributed by atoms with van der Waals surface area (Å²) in [5, 5.41) is 5.37. The van der Waals surface area contributed by atoms with Crippen molar-refractivity contribution >= 4 is 60.3 Å². The molecule has 2 aromatic carbocycles. The van der Waals surface area contributed by atoms with Gasteiger partial charge in [-0.2, -0.15) is 0 Å².